The van der Waals surface area contributed by atoms with Gasteiger partial charge in [-0.15, -0.1) is 0 Å². The van der Waals surface area contributed by atoms with Crippen LogP contribution in [-0.4, -0.2) is 6.54 Å². The molecular weight excluding hydrogens is 221 g/mol. The molecule has 0 fully saturated rings. The van der Waals surface area contributed by atoms with Crippen molar-refractivity contribution in [2.24, 2.45) is 0 Å². The second kappa shape index (κ2) is 13.6. The predicted molar refractivity (Wildman–Crippen MR) is 69.4 cm³/mol. The fraction of sp³-hybridized carbons (Fsp3) is 0.357. The molecule has 84 valence electrons. The molecule has 0 saturated carbocycles. The molecule has 1 N–H and O–H groups in total. The van der Waals surface area contributed by atoms with E-state index >= 15 is 0 Å². The maximum Gasteiger partial charge on any atom is 1.00 e. The first-order valence-corrected chi connectivity index (χ1v) is 5.44. The third-order valence-corrected chi connectivity index (χ3v) is 2.09. The normalized spacial score (nSPS) is 14.2. The Balaban J connectivity index is 0. The van der Waals surface area contributed by atoms with E-state index in [1.807, 2.05) is 19.9 Å². The average molecular weight is 243 g/mol. The van der Waals surface area contributed by atoms with Gasteiger partial charge in [0.25, 0.3) is 0 Å². The first-order valence-electron chi connectivity index (χ1n) is 5.44. The Morgan fingerprint density at radius 1 is 1.56 bits per heavy atom. The van der Waals surface area contributed by atoms with Crippen LogP contribution in [0.1, 0.15) is 26.7 Å². The van der Waals surface area contributed by atoms with Crippen molar-refractivity contribution < 1.29 is 51.4 Å². The number of allylic oxidation sites excluding steroid dienone is 7. The zero-order valence-corrected chi connectivity index (χ0v) is 14.0. The Labute approximate surface area is 143 Å². The molecule has 1 nitrogen and oxygen atoms in total. The molecule has 0 spiro atoms. The largest absolute Gasteiger partial charge is 1.00 e. The number of hydrogen-bond acceptors (Lipinski definition) is 1. The number of rotatable bonds is 3. The topological polar surface area (TPSA) is 12.0 Å². The summed E-state index contributed by atoms with van der Waals surface area (Å²) in [4.78, 5) is 0. The summed E-state index contributed by atoms with van der Waals surface area (Å²) in [5.41, 5.74) is 2.68. The zero-order chi connectivity index (χ0) is 11.5. The molecule has 0 aliphatic heterocycles. The van der Waals surface area contributed by atoms with Crippen molar-refractivity contribution in [1.82, 2.24) is 5.32 Å². The molecule has 0 atom stereocenters. The number of hydrogen-bond donors (Lipinski definition) is 1. The Morgan fingerprint density at radius 3 is 2.62 bits per heavy atom. The van der Waals surface area contributed by atoms with E-state index in [2.05, 4.69) is 43.2 Å². The van der Waals surface area contributed by atoms with Gasteiger partial charge in [-0.3, -0.25) is 7.05 Å². The summed E-state index contributed by atoms with van der Waals surface area (Å²) >= 11 is 0. The van der Waals surface area contributed by atoms with Crippen molar-refractivity contribution in [3.63, 3.8) is 0 Å². The van der Waals surface area contributed by atoms with E-state index in [0.717, 1.165) is 19.4 Å². The van der Waals surface area contributed by atoms with Crippen LogP contribution in [0.3, 0.4) is 0 Å². The zero-order valence-electron chi connectivity index (χ0n) is 10.9. The minimum Gasteiger partial charge on any atom is -0.473 e. The van der Waals surface area contributed by atoms with Gasteiger partial charge in [0.2, 0.25) is 0 Å². The molecule has 0 bridgehead atoms. The minimum absolute atomic E-state index is 0. The van der Waals surface area contributed by atoms with E-state index in [1.165, 1.54) is 11.1 Å². The smallest absolute Gasteiger partial charge is 0.473 e. The van der Waals surface area contributed by atoms with E-state index in [0.29, 0.717) is 0 Å². The molecule has 0 aromatic carbocycles. The van der Waals surface area contributed by atoms with Crippen LogP contribution in [-0.2, 0) is 0 Å². The fourth-order valence-corrected chi connectivity index (χ4v) is 1.28. The molecule has 0 heterocycles. The second-order valence-corrected chi connectivity index (χ2v) is 3.23. The molecule has 0 aromatic rings. The van der Waals surface area contributed by atoms with Crippen LogP contribution < -0.4 is 56.7 Å². The quantitative estimate of drug-likeness (QED) is 0.571. The molecule has 1 rings (SSSR count). The summed E-state index contributed by atoms with van der Waals surface area (Å²) in [7, 11) is 3.35. The van der Waals surface area contributed by atoms with Crippen molar-refractivity contribution in [3.05, 3.63) is 55.2 Å². The van der Waals surface area contributed by atoms with Crippen molar-refractivity contribution in [3.8, 4) is 0 Å². The summed E-state index contributed by atoms with van der Waals surface area (Å²) in [6, 6.07) is 0. The summed E-state index contributed by atoms with van der Waals surface area (Å²) in [5, 5.41) is 2.68. The number of nitrogens with one attached hydrogen (secondary N) is 1. The van der Waals surface area contributed by atoms with E-state index < -0.39 is 0 Å². The Bertz CT molecular complexity index is 260. The first-order chi connectivity index (χ1) is 7.29. The molecule has 0 saturated heterocycles. The van der Waals surface area contributed by atoms with E-state index in [1.54, 1.807) is 0 Å². The van der Waals surface area contributed by atoms with Gasteiger partial charge in [0, 0.05) is 0 Å². The monoisotopic (exact) mass is 243 g/mol. The maximum absolute atomic E-state index is 3.77. The Kier molecular flexibility index (Phi) is 16.1. The van der Waals surface area contributed by atoms with Gasteiger partial charge in [-0.25, -0.2) is 0 Å². The van der Waals surface area contributed by atoms with Crippen molar-refractivity contribution in [1.29, 1.82) is 0 Å². The van der Waals surface area contributed by atoms with Crippen LogP contribution in [0.15, 0.2) is 48.1 Å². The molecule has 1 aliphatic rings. The van der Waals surface area contributed by atoms with Gasteiger partial charge in [-0.05, 0) is 37.5 Å². The van der Waals surface area contributed by atoms with Crippen molar-refractivity contribution >= 4 is 0 Å². The molecule has 2 heteroatoms. The van der Waals surface area contributed by atoms with Crippen LogP contribution in [0, 0.1) is 7.05 Å². The average Bonchev–Trinajstić information content (AvgIpc) is 2.30. The third-order valence-electron chi connectivity index (χ3n) is 2.09. The van der Waals surface area contributed by atoms with Gasteiger partial charge >= 0.3 is 51.4 Å². The van der Waals surface area contributed by atoms with E-state index in [4.69, 9.17) is 0 Å². The van der Waals surface area contributed by atoms with Crippen LogP contribution in [0.4, 0.5) is 0 Å². The summed E-state index contributed by atoms with van der Waals surface area (Å²) in [5.74, 6) is 0. The van der Waals surface area contributed by atoms with Gasteiger partial charge in [-0.1, -0.05) is 43.9 Å². The Hall–Kier alpha value is 0.556. The van der Waals surface area contributed by atoms with E-state index in [9.17, 15) is 0 Å². The molecule has 16 heavy (non-hydrogen) atoms. The minimum atomic E-state index is 0. The van der Waals surface area contributed by atoms with Gasteiger partial charge in [-0.2, -0.15) is 0 Å². The SMILES string of the molecule is C=CC1=C(/C=C\C)CCC=C1.[CH2-]NCC.[K+]. The van der Waals surface area contributed by atoms with Crippen LogP contribution >= 0.6 is 0 Å². The van der Waals surface area contributed by atoms with Gasteiger partial charge in [0.15, 0.2) is 0 Å². The third kappa shape index (κ3) is 8.68. The fourth-order valence-electron chi connectivity index (χ4n) is 1.28. The van der Waals surface area contributed by atoms with Crippen LogP contribution in [0.5, 0.6) is 0 Å². The summed E-state index contributed by atoms with van der Waals surface area (Å²) in [6.45, 7) is 8.79. The van der Waals surface area contributed by atoms with Gasteiger partial charge in [0.05, 0.1) is 0 Å². The molecule has 0 amide bonds. The van der Waals surface area contributed by atoms with Crippen LogP contribution in [0.2, 0.25) is 0 Å². The molecular formula is C14H22KN. The van der Waals surface area contributed by atoms with Crippen LogP contribution in [0.25, 0.3) is 0 Å². The Morgan fingerprint density at radius 2 is 2.19 bits per heavy atom. The molecule has 0 radical (unpaired) electrons. The molecule has 0 unspecified atom stereocenters. The standard InChI is InChI=1S/C11H14.C3H8N.K/c1-3-7-11-9-6-5-8-10(11)4-2;1-3-4-2;/h3-5,7-8H,2,6,9H2,1H3;4H,2-3H2,1H3;/q;-1;+1/b7-3-;;. The maximum atomic E-state index is 3.77. The van der Waals surface area contributed by atoms with Crippen molar-refractivity contribution in [2.75, 3.05) is 6.54 Å². The van der Waals surface area contributed by atoms with Gasteiger partial charge in [0.1, 0.15) is 0 Å². The van der Waals surface area contributed by atoms with Gasteiger partial charge < -0.3 is 5.32 Å². The van der Waals surface area contributed by atoms with E-state index in [-0.39, 0.29) is 51.4 Å². The second-order valence-electron chi connectivity index (χ2n) is 3.23. The molecule has 1 aliphatic carbocycles. The summed E-state index contributed by atoms with van der Waals surface area (Å²) in [6.07, 6.45) is 12.8. The molecule has 0 aromatic heterocycles. The predicted octanol–water partition coefficient (Wildman–Crippen LogP) is 0.787. The first kappa shape index (κ1) is 18.9. The van der Waals surface area contributed by atoms with Crippen molar-refractivity contribution in [2.45, 2.75) is 26.7 Å². The summed E-state index contributed by atoms with van der Waals surface area (Å²) < 4.78 is 0.